The monoisotopic (exact) mass is 263 g/mol. The first-order valence-corrected chi connectivity index (χ1v) is 6.57. The van der Waals surface area contributed by atoms with Crippen LogP contribution in [0.15, 0.2) is 12.1 Å². The zero-order valence-electron chi connectivity index (χ0n) is 12.1. The molecule has 0 aliphatic carbocycles. The van der Waals surface area contributed by atoms with Crippen LogP contribution in [0.2, 0.25) is 0 Å². The van der Waals surface area contributed by atoms with Crippen molar-refractivity contribution < 1.29 is 4.39 Å². The molecule has 2 N–H and O–H groups in total. The molecule has 0 amide bonds. The van der Waals surface area contributed by atoms with Crippen LogP contribution in [0, 0.1) is 24.1 Å². The molecule has 1 aromatic carbocycles. The van der Waals surface area contributed by atoms with Gasteiger partial charge in [0.15, 0.2) is 0 Å². The molecule has 0 aromatic heterocycles. The van der Waals surface area contributed by atoms with E-state index in [1.807, 2.05) is 13.0 Å². The van der Waals surface area contributed by atoms with E-state index in [4.69, 9.17) is 11.0 Å². The highest BCUT2D eigenvalue weighted by Crippen LogP contribution is 2.29. The van der Waals surface area contributed by atoms with E-state index in [0.717, 1.165) is 11.3 Å². The molecule has 0 unspecified atom stereocenters. The number of anilines is 1. The Balaban J connectivity index is 3.28. The second-order valence-corrected chi connectivity index (χ2v) is 5.14. The maximum Gasteiger partial charge on any atom is 0.126 e. The molecule has 0 radical (unpaired) electrons. The molecular weight excluding hydrogens is 241 g/mol. The minimum absolute atomic E-state index is 0.232. The molecular formula is C15H22FN3. The third-order valence-corrected chi connectivity index (χ3v) is 3.20. The van der Waals surface area contributed by atoms with Crippen molar-refractivity contribution in [1.29, 1.82) is 5.26 Å². The van der Waals surface area contributed by atoms with Gasteiger partial charge in [-0.25, -0.2) is 4.39 Å². The van der Waals surface area contributed by atoms with E-state index >= 15 is 0 Å². The van der Waals surface area contributed by atoms with Gasteiger partial charge in [-0.15, -0.1) is 0 Å². The summed E-state index contributed by atoms with van der Waals surface area (Å²) in [6, 6.07) is 5.48. The number of aryl methyl sites for hydroxylation is 1. The van der Waals surface area contributed by atoms with Gasteiger partial charge in [-0.2, -0.15) is 5.26 Å². The van der Waals surface area contributed by atoms with Crippen LogP contribution in [0.3, 0.4) is 0 Å². The Morgan fingerprint density at radius 2 is 2.00 bits per heavy atom. The number of nitrogens with zero attached hydrogens (tertiary/aromatic N) is 2. The lowest BCUT2D eigenvalue weighted by atomic mass is 10.0. The highest BCUT2D eigenvalue weighted by atomic mass is 19.1. The van der Waals surface area contributed by atoms with Crippen LogP contribution in [-0.2, 0) is 0 Å². The highest BCUT2D eigenvalue weighted by molar-refractivity contribution is 5.57. The molecule has 1 aromatic rings. The molecule has 3 nitrogen and oxygen atoms in total. The van der Waals surface area contributed by atoms with Gasteiger partial charge >= 0.3 is 0 Å². The number of hydrogen-bond donors (Lipinski definition) is 1. The largest absolute Gasteiger partial charge is 0.368 e. The summed E-state index contributed by atoms with van der Waals surface area (Å²) in [4.78, 5) is 2.11. The highest BCUT2D eigenvalue weighted by Gasteiger charge is 2.18. The number of rotatable bonds is 5. The fraction of sp³-hybridized carbons (Fsp3) is 0.533. The molecule has 0 saturated carbocycles. The first-order valence-electron chi connectivity index (χ1n) is 6.57. The SMILES string of the molecule is Cc1cc(N(CCC#N)C(C)C)c([C@@H](C)N)cc1F. The van der Waals surface area contributed by atoms with Crippen molar-refractivity contribution in [2.75, 3.05) is 11.4 Å². The van der Waals surface area contributed by atoms with Crippen molar-refractivity contribution in [3.63, 3.8) is 0 Å². The summed E-state index contributed by atoms with van der Waals surface area (Å²) in [5, 5.41) is 8.76. The second kappa shape index (κ2) is 6.53. The van der Waals surface area contributed by atoms with Gasteiger partial charge in [-0.1, -0.05) is 0 Å². The Morgan fingerprint density at radius 3 is 2.47 bits per heavy atom. The van der Waals surface area contributed by atoms with E-state index in [1.165, 1.54) is 6.07 Å². The van der Waals surface area contributed by atoms with Crippen molar-refractivity contribution in [3.05, 3.63) is 29.1 Å². The zero-order chi connectivity index (χ0) is 14.6. The molecule has 104 valence electrons. The molecule has 1 rings (SSSR count). The van der Waals surface area contributed by atoms with Gasteiger partial charge in [0.05, 0.1) is 12.5 Å². The minimum atomic E-state index is -0.242. The van der Waals surface area contributed by atoms with Crippen LogP contribution >= 0.6 is 0 Å². The molecule has 0 bridgehead atoms. The van der Waals surface area contributed by atoms with E-state index in [0.29, 0.717) is 18.5 Å². The molecule has 0 spiro atoms. The molecule has 0 fully saturated rings. The number of hydrogen-bond acceptors (Lipinski definition) is 3. The lowest BCUT2D eigenvalue weighted by Gasteiger charge is -2.31. The smallest absolute Gasteiger partial charge is 0.126 e. The Morgan fingerprint density at radius 1 is 1.37 bits per heavy atom. The van der Waals surface area contributed by atoms with Gasteiger partial charge < -0.3 is 10.6 Å². The summed E-state index contributed by atoms with van der Waals surface area (Å²) < 4.78 is 13.7. The summed E-state index contributed by atoms with van der Waals surface area (Å²) in [6.45, 7) is 8.32. The molecule has 4 heteroatoms. The average molecular weight is 263 g/mol. The predicted molar refractivity (Wildman–Crippen MR) is 76.5 cm³/mol. The third kappa shape index (κ3) is 3.68. The Hall–Kier alpha value is -1.60. The first-order chi connectivity index (χ1) is 8.88. The molecule has 0 aliphatic rings. The van der Waals surface area contributed by atoms with Crippen molar-refractivity contribution in [2.45, 2.75) is 46.2 Å². The van der Waals surface area contributed by atoms with Crippen LogP contribution in [0.4, 0.5) is 10.1 Å². The predicted octanol–water partition coefficient (Wildman–Crippen LogP) is 3.28. The summed E-state index contributed by atoms with van der Waals surface area (Å²) in [6.07, 6.45) is 0.437. The van der Waals surface area contributed by atoms with Crippen LogP contribution in [-0.4, -0.2) is 12.6 Å². The maximum atomic E-state index is 13.7. The standard InChI is InChI=1S/C15H22FN3/c1-10(2)19(7-5-6-17)15-8-11(3)14(16)9-13(15)12(4)18/h8-10,12H,5,7,18H2,1-4H3/t12-/m1/s1. The third-order valence-electron chi connectivity index (χ3n) is 3.20. The summed E-state index contributed by atoms with van der Waals surface area (Å²) in [5.74, 6) is -0.236. The number of nitrogens with two attached hydrogens (primary N) is 1. The van der Waals surface area contributed by atoms with Gasteiger partial charge in [-0.05, 0) is 51.0 Å². The fourth-order valence-electron chi connectivity index (χ4n) is 2.12. The molecule has 0 heterocycles. The van der Waals surface area contributed by atoms with Crippen LogP contribution in [0.1, 0.15) is 44.4 Å². The molecule has 0 saturated heterocycles. The van der Waals surface area contributed by atoms with Gasteiger partial charge in [0.1, 0.15) is 5.82 Å². The quantitative estimate of drug-likeness (QED) is 0.887. The molecule has 0 aliphatic heterocycles. The van der Waals surface area contributed by atoms with Gasteiger partial charge in [0.2, 0.25) is 0 Å². The van der Waals surface area contributed by atoms with E-state index in [-0.39, 0.29) is 17.9 Å². The van der Waals surface area contributed by atoms with Crippen molar-refractivity contribution in [3.8, 4) is 6.07 Å². The average Bonchev–Trinajstić information content (AvgIpc) is 2.32. The second-order valence-electron chi connectivity index (χ2n) is 5.14. The Labute approximate surface area is 114 Å². The molecule has 19 heavy (non-hydrogen) atoms. The normalized spacial score (nSPS) is 12.3. The molecule has 1 atom stereocenters. The van der Waals surface area contributed by atoms with E-state index in [2.05, 4.69) is 24.8 Å². The van der Waals surface area contributed by atoms with Gasteiger partial charge in [-0.3, -0.25) is 0 Å². The Kier molecular flexibility index (Phi) is 5.31. The van der Waals surface area contributed by atoms with Gasteiger partial charge in [0, 0.05) is 24.3 Å². The van der Waals surface area contributed by atoms with Gasteiger partial charge in [0.25, 0.3) is 0 Å². The van der Waals surface area contributed by atoms with E-state index < -0.39 is 0 Å². The van der Waals surface area contributed by atoms with E-state index in [1.54, 1.807) is 6.92 Å². The first kappa shape index (κ1) is 15.5. The van der Waals surface area contributed by atoms with Crippen LogP contribution in [0.25, 0.3) is 0 Å². The fourth-order valence-corrected chi connectivity index (χ4v) is 2.12. The lowest BCUT2D eigenvalue weighted by molar-refractivity contribution is 0.609. The topological polar surface area (TPSA) is 53.0 Å². The van der Waals surface area contributed by atoms with Crippen LogP contribution < -0.4 is 10.6 Å². The maximum absolute atomic E-state index is 13.7. The van der Waals surface area contributed by atoms with Crippen molar-refractivity contribution in [2.24, 2.45) is 5.73 Å². The van der Waals surface area contributed by atoms with E-state index in [9.17, 15) is 4.39 Å². The van der Waals surface area contributed by atoms with Crippen molar-refractivity contribution >= 4 is 5.69 Å². The summed E-state index contributed by atoms with van der Waals surface area (Å²) in [5.41, 5.74) is 8.26. The lowest BCUT2D eigenvalue weighted by Crippen LogP contribution is -2.33. The minimum Gasteiger partial charge on any atom is -0.368 e. The van der Waals surface area contributed by atoms with Crippen LogP contribution in [0.5, 0.6) is 0 Å². The zero-order valence-corrected chi connectivity index (χ0v) is 12.1. The summed E-state index contributed by atoms with van der Waals surface area (Å²) >= 11 is 0. The number of halogens is 1. The number of nitriles is 1. The number of benzene rings is 1. The Bertz CT molecular complexity index is 475. The van der Waals surface area contributed by atoms with Crippen molar-refractivity contribution in [1.82, 2.24) is 0 Å². The summed E-state index contributed by atoms with van der Waals surface area (Å²) in [7, 11) is 0.